The lowest BCUT2D eigenvalue weighted by atomic mass is 10.1. The van der Waals surface area contributed by atoms with Gasteiger partial charge in [0.2, 0.25) is 0 Å². The van der Waals surface area contributed by atoms with E-state index >= 15 is 0 Å². The number of carbonyl (C=O) groups is 2. The van der Waals surface area contributed by atoms with E-state index < -0.39 is 12.1 Å². The maximum absolute atomic E-state index is 12.9. The number of carbonyl (C=O) groups excluding carboxylic acids is 2. The van der Waals surface area contributed by atoms with Crippen molar-refractivity contribution in [1.82, 2.24) is 15.1 Å². The van der Waals surface area contributed by atoms with Crippen molar-refractivity contribution in [2.24, 2.45) is 0 Å². The number of benzene rings is 2. The number of hydrogen-bond acceptors (Lipinski definition) is 4. The Hall–Kier alpha value is -3.48. The van der Waals surface area contributed by atoms with Crippen LogP contribution in [0.1, 0.15) is 24.5 Å². The predicted octanol–water partition coefficient (Wildman–Crippen LogP) is 3.23. The molecule has 0 radical (unpaired) electrons. The molecule has 0 aliphatic carbocycles. The van der Waals surface area contributed by atoms with Crippen molar-refractivity contribution < 1.29 is 18.7 Å². The van der Waals surface area contributed by atoms with E-state index in [1.165, 1.54) is 12.1 Å². The smallest absolute Gasteiger partial charge is 0.306 e. The molecular formula is C23H24FN3O3. The lowest BCUT2D eigenvalue weighted by molar-refractivity contribution is -0.154. The maximum Gasteiger partial charge on any atom is 0.306 e. The molecule has 0 aliphatic heterocycles. The van der Waals surface area contributed by atoms with Crippen molar-refractivity contribution in [2.75, 3.05) is 6.54 Å². The molecule has 1 amide bonds. The number of esters is 1. The van der Waals surface area contributed by atoms with Gasteiger partial charge in [0.05, 0.1) is 11.9 Å². The first-order valence-electron chi connectivity index (χ1n) is 9.82. The highest BCUT2D eigenvalue weighted by molar-refractivity contribution is 5.83. The van der Waals surface area contributed by atoms with Crippen molar-refractivity contribution in [2.45, 2.75) is 32.3 Å². The van der Waals surface area contributed by atoms with Crippen LogP contribution in [-0.2, 0) is 27.2 Å². The molecule has 0 aliphatic rings. The van der Waals surface area contributed by atoms with Crippen LogP contribution >= 0.6 is 0 Å². The van der Waals surface area contributed by atoms with Crippen molar-refractivity contribution in [1.29, 1.82) is 0 Å². The Morgan fingerprint density at radius 1 is 1.07 bits per heavy atom. The number of hydrogen-bond donors (Lipinski definition) is 1. The molecule has 7 heteroatoms. The summed E-state index contributed by atoms with van der Waals surface area (Å²) in [6, 6.07) is 15.8. The van der Waals surface area contributed by atoms with Crippen LogP contribution in [-0.4, -0.2) is 34.3 Å². The van der Waals surface area contributed by atoms with Gasteiger partial charge >= 0.3 is 5.97 Å². The summed E-state index contributed by atoms with van der Waals surface area (Å²) >= 11 is 0. The zero-order chi connectivity index (χ0) is 21.3. The second-order valence-electron chi connectivity index (χ2n) is 6.93. The summed E-state index contributed by atoms with van der Waals surface area (Å²) in [5.41, 5.74) is 2.77. The third-order valence-corrected chi connectivity index (χ3v) is 4.58. The lowest BCUT2D eigenvalue weighted by Crippen LogP contribution is -2.36. The van der Waals surface area contributed by atoms with Crippen LogP contribution in [0.25, 0.3) is 5.69 Å². The number of amides is 1. The van der Waals surface area contributed by atoms with Crippen molar-refractivity contribution >= 4 is 11.9 Å². The highest BCUT2D eigenvalue weighted by Gasteiger charge is 2.17. The fourth-order valence-corrected chi connectivity index (χ4v) is 2.89. The van der Waals surface area contributed by atoms with Crippen molar-refractivity contribution in [3.8, 4) is 5.69 Å². The maximum atomic E-state index is 12.9. The monoisotopic (exact) mass is 409 g/mol. The molecular weight excluding hydrogens is 385 g/mol. The van der Waals surface area contributed by atoms with Crippen LogP contribution in [0.2, 0.25) is 0 Å². The minimum Gasteiger partial charge on any atom is -0.453 e. The van der Waals surface area contributed by atoms with E-state index in [0.29, 0.717) is 19.4 Å². The van der Waals surface area contributed by atoms with Crippen LogP contribution in [0.3, 0.4) is 0 Å². The first kappa shape index (κ1) is 21.2. The Bertz CT molecular complexity index is 971. The largest absolute Gasteiger partial charge is 0.453 e. The molecule has 2 aromatic carbocycles. The SMILES string of the molecule is CC(OC(=O)CCc1cnn(-c2ccccc2)c1)C(=O)NCCc1ccc(F)cc1. The number of aryl methyl sites for hydroxylation is 1. The van der Waals surface area contributed by atoms with Gasteiger partial charge in [0.25, 0.3) is 5.91 Å². The van der Waals surface area contributed by atoms with Crippen LogP contribution in [0.4, 0.5) is 4.39 Å². The Labute approximate surface area is 174 Å². The molecule has 1 heterocycles. The van der Waals surface area contributed by atoms with Crippen LogP contribution < -0.4 is 5.32 Å². The van der Waals surface area contributed by atoms with E-state index in [-0.39, 0.29) is 18.1 Å². The Morgan fingerprint density at radius 3 is 2.53 bits per heavy atom. The molecule has 0 fully saturated rings. The third-order valence-electron chi connectivity index (χ3n) is 4.58. The Balaban J connectivity index is 1.38. The van der Waals surface area contributed by atoms with Gasteiger partial charge < -0.3 is 10.1 Å². The van der Waals surface area contributed by atoms with Gasteiger partial charge in [-0.3, -0.25) is 9.59 Å². The number of halogens is 1. The molecule has 0 saturated carbocycles. The van der Waals surface area contributed by atoms with E-state index in [1.807, 2.05) is 36.5 Å². The van der Waals surface area contributed by atoms with E-state index in [4.69, 9.17) is 4.74 Å². The molecule has 0 saturated heterocycles. The number of nitrogens with one attached hydrogen (secondary N) is 1. The fraction of sp³-hybridized carbons (Fsp3) is 0.261. The summed E-state index contributed by atoms with van der Waals surface area (Å²) in [6.07, 6.45) is 3.91. The zero-order valence-electron chi connectivity index (χ0n) is 16.8. The highest BCUT2D eigenvalue weighted by Crippen LogP contribution is 2.10. The molecule has 0 bridgehead atoms. The number of para-hydroxylation sites is 1. The van der Waals surface area contributed by atoms with Crippen LogP contribution in [0, 0.1) is 5.82 Å². The van der Waals surface area contributed by atoms with Crippen molar-refractivity contribution in [3.05, 3.63) is 83.9 Å². The molecule has 1 atom stereocenters. The predicted molar refractivity (Wildman–Crippen MR) is 111 cm³/mol. The van der Waals surface area contributed by atoms with Gasteiger partial charge in [-0.1, -0.05) is 30.3 Å². The summed E-state index contributed by atoms with van der Waals surface area (Å²) in [6.45, 7) is 1.92. The topological polar surface area (TPSA) is 73.2 Å². The summed E-state index contributed by atoms with van der Waals surface area (Å²) in [5.74, 6) is -1.10. The number of rotatable bonds is 9. The zero-order valence-corrected chi connectivity index (χ0v) is 16.8. The second kappa shape index (κ2) is 10.3. The molecule has 1 aromatic heterocycles. The quantitative estimate of drug-likeness (QED) is 0.551. The summed E-state index contributed by atoms with van der Waals surface area (Å²) in [7, 11) is 0. The minimum absolute atomic E-state index is 0.160. The Kier molecular flexibility index (Phi) is 7.32. The number of aromatic nitrogens is 2. The van der Waals surface area contributed by atoms with Gasteiger partial charge in [-0.25, -0.2) is 9.07 Å². The summed E-state index contributed by atoms with van der Waals surface area (Å²) in [4.78, 5) is 24.2. The summed E-state index contributed by atoms with van der Waals surface area (Å²) in [5, 5.41) is 7.02. The molecule has 1 unspecified atom stereocenters. The standard InChI is InChI=1S/C23H24FN3O3/c1-17(23(29)25-14-13-18-7-10-20(24)11-8-18)30-22(28)12-9-19-15-26-27(16-19)21-5-3-2-4-6-21/h2-8,10-11,15-17H,9,12-14H2,1H3,(H,25,29). The van der Waals surface area contributed by atoms with E-state index in [1.54, 1.807) is 29.9 Å². The number of nitrogens with zero attached hydrogens (tertiary/aromatic N) is 2. The molecule has 1 N–H and O–H groups in total. The first-order chi connectivity index (χ1) is 14.5. The molecule has 3 aromatic rings. The summed E-state index contributed by atoms with van der Waals surface area (Å²) < 4.78 is 19.9. The third kappa shape index (κ3) is 6.27. The number of ether oxygens (including phenoxy) is 1. The minimum atomic E-state index is -0.877. The molecule has 156 valence electrons. The second-order valence-corrected chi connectivity index (χ2v) is 6.93. The van der Waals surface area contributed by atoms with Gasteiger partial charge in [0, 0.05) is 19.2 Å². The highest BCUT2D eigenvalue weighted by atomic mass is 19.1. The Morgan fingerprint density at radius 2 is 1.80 bits per heavy atom. The van der Waals surface area contributed by atoms with Gasteiger partial charge in [-0.05, 0) is 55.2 Å². The van der Waals surface area contributed by atoms with E-state index in [2.05, 4.69) is 10.4 Å². The molecule has 3 rings (SSSR count). The average Bonchev–Trinajstić information content (AvgIpc) is 3.23. The van der Waals surface area contributed by atoms with Gasteiger partial charge in [-0.2, -0.15) is 5.10 Å². The first-order valence-corrected chi connectivity index (χ1v) is 9.82. The van der Waals surface area contributed by atoms with Gasteiger partial charge in [0.1, 0.15) is 5.82 Å². The average molecular weight is 409 g/mol. The normalized spacial score (nSPS) is 11.7. The van der Waals surface area contributed by atoms with E-state index in [0.717, 1.165) is 16.8 Å². The van der Waals surface area contributed by atoms with Crippen molar-refractivity contribution in [3.63, 3.8) is 0 Å². The fourth-order valence-electron chi connectivity index (χ4n) is 2.89. The van der Waals surface area contributed by atoms with Crippen LogP contribution in [0.15, 0.2) is 67.0 Å². The molecule has 6 nitrogen and oxygen atoms in total. The molecule has 30 heavy (non-hydrogen) atoms. The van der Waals surface area contributed by atoms with E-state index in [9.17, 15) is 14.0 Å². The molecule has 0 spiro atoms. The van der Waals surface area contributed by atoms with Crippen LogP contribution in [0.5, 0.6) is 0 Å². The van der Waals surface area contributed by atoms with Gasteiger partial charge in [-0.15, -0.1) is 0 Å². The lowest BCUT2D eigenvalue weighted by Gasteiger charge is -2.13. The van der Waals surface area contributed by atoms with Gasteiger partial charge in [0.15, 0.2) is 6.10 Å².